The smallest absolute Gasteiger partial charge is 0.340 e. The Kier molecular flexibility index (Phi) is 4.06. The van der Waals surface area contributed by atoms with Crippen LogP contribution in [0.1, 0.15) is 11.4 Å². The quantitative estimate of drug-likeness (QED) is 0.803. The molecule has 3 nitrogen and oxygen atoms in total. The fourth-order valence-corrected chi connectivity index (χ4v) is 1.79. The Morgan fingerprint density at radius 1 is 1.10 bits per heavy atom. The number of nitrogens with one attached hydrogen (secondary N) is 1. The van der Waals surface area contributed by atoms with Gasteiger partial charge in [-0.15, -0.1) is 0 Å². The number of nitrogens with zero attached hydrogens (tertiary/aromatic N) is 2. The first-order chi connectivity index (χ1) is 9.25. The van der Waals surface area contributed by atoms with Gasteiger partial charge in [0.15, 0.2) is 0 Å². The van der Waals surface area contributed by atoms with E-state index in [1.807, 2.05) is 6.92 Å². The minimum absolute atomic E-state index is 0.0581. The molecule has 1 N–H and O–H groups in total. The fourth-order valence-electron chi connectivity index (χ4n) is 1.43. The molecule has 0 radical (unpaired) electrons. The highest BCUT2D eigenvalue weighted by Gasteiger charge is 2.35. The van der Waals surface area contributed by atoms with Crippen molar-refractivity contribution in [3.63, 3.8) is 0 Å². The van der Waals surface area contributed by atoms with Gasteiger partial charge in [0.1, 0.15) is 11.0 Å². The molecule has 106 valence electrons. The van der Waals surface area contributed by atoms with Crippen molar-refractivity contribution in [3.05, 3.63) is 45.8 Å². The van der Waals surface area contributed by atoms with Gasteiger partial charge in [0.05, 0.1) is 0 Å². The third-order valence-electron chi connectivity index (χ3n) is 2.39. The summed E-state index contributed by atoms with van der Waals surface area (Å²) in [5.41, 5.74) is 1.36. The molecule has 0 aliphatic rings. The van der Waals surface area contributed by atoms with Gasteiger partial charge in [-0.3, -0.25) is 0 Å². The van der Waals surface area contributed by atoms with Crippen LogP contribution in [0.25, 0.3) is 0 Å². The average Bonchev–Trinajstić information content (AvgIpc) is 2.32. The van der Waals surface area contributed by atoms with Crippen molar-refractivity contribution in [1.82, 2.24) is 9.97 Å². The van der Waals surface area contributed by atoms with Crippen molar-refractivity contribution in [2.24, 2.45) is 0 Å². The summed E-state index contributed by atoms with van der Waals surface area (Å²) in [5.74, 6) is -1.36. The number of benzene rings is 1. The second-order valence-corrected chi connectivity index (χ2v) is 4.78. The molecule has 0 unspecified atom stereocenters. The summed E-state index contributed by atoms with van der Waals surface area (Å²) < 4.78 is 37.7. The number of alkyl halides is 3. The van der Waals surface area contributed by atoms with Crippen LogP contribution in [0, 0.1) is 6.92 Å². The Bertz CT molecular complexity index is 644. The lowest BCUT2D eigenvalue weighted by Crippen LogP contribution is -2.12. The highest BCUT2D eigenvalue weighted by Crippen LogP contribution is 2.29. The molecule has 0 saturated heterocycles. The maximum atomic E-state index is 12.6. The number of aryl methyl sites for hydroxylation is 1. The summed E-state index contributed by atoms with van der Waals surface area (Å²) in [6.45, 7) is 1.81. The second-order valence-electron chi connectivity index (χ2n) is 3.99. The second kappa shape index (κ2) is 5.46. The van der Waals surface area contributed by atoms with Crippen LogP contribution in [0.2, 0.25) is 10.2 Å². The van der Waals surface area contributed by atoms with E-state index in [0.717, 1.165) is 5.56 Å². The number of hydrogen-bond acceptors (Lipinski definition) is 3. The van der Waals surface area contributed by atoms with Crippen molar-refractivity contribution >= 4 is 34.7 Å². The van der Waals surface area contributed by atoms with E-state index in [-0.39, 0.29) is 11.0 Å². The molecule has 8 heteroatoms. The molecule has 2 aromatic rings. The zero-order valence-corrected chi connectivity index (χ0v) is 11.6. The molecule has 0 aliphatic carbocycles. The third-order valence-corrected chi connectivity index (χ3v) is 2.99. The van der Waals surface area contributed by atoms with Gasteiger partial charge < -0.3 is 5.32 Å². The van der Waals surface area contributed by atoms with E-state index in [9.17, 15) is 13.2 Å². The van der Waals surface area contributed by atoms with E-state index >= 15 is 0 Å². The molecular weight excluding hydrogens is 314 g/mol. The standard InChI is InChI=1S/C12H8Cl2F3N3/c1-6-2-3-7(4-8(6)13)18-10-5-9(14)19-11(20-10)12(15,16)17/h2-5H,1H3,(H,18,19,20). The molecule has 0 atom stereocenters. The Balaban J connectivity index is 2.33. The van der Waals surface area contributed by atoms with E-state index in [1.165, 1.54) is 6.07 Å². The lowest BCUT2D eigenvalue weighted by atomic mass is 10.2. The first-order valence-corrected chi connectivity index (χ1v) is 6.16. The minimum atomic E-state index is -4.66. The number of hydrogen-bond donors (Lipinski definition) is 1. The van der Waals surface area contributed by atoms with Gasteiger partial charge >= 0.3 is 6.18 Å². The van der Waals surface area contributed by atoms with Gasteiger partial charge in [-0.1, -0.05) is 29.3 Å². The van der Waals surface area contributed by atoms with Gasteiger partial charge in [0.2, 0.25) is 5.82 Å². The van der Waals surface area contributed by atoms with E-state index in [2.05, 4.69) is 15.3 Å². The van der Waals surface area contributed by atoms with Crippen molar-refractivity contribution in [2.75, 3.05) is 5.32 Å². The molecule has 0 fully saturated rings. The summed E-state index contributed by atoms with van der Waals surface area (Å²) in [6, 6.07) is 6.19. The van der Waals surface area contributed by atoms with E-state index < -0.39 is 12.0 Å². The Labute approximate surface area is 122 Å². The number of halogens is 5. The SMILES string of the molecule is Cc1ccc(Nc2cc(Cl)nc(C(F)(F)F)n2)cc1Cl. The fraction of sp³-hybridized carbons (Fsp3) is 0.167. The lowest BCUT2D eigenvalue weighted by Gasteiger charge is -2.10. The predicted molar refractivity (Wildman–Crippen MR) is 71.5 cm³/mol. The van der Waals surface area contributed by atoms with Crippen LogP contribution in [0.4, 0.5) is 24.7 Å². The van der Waals surface area contributed by atoms with Crippen LogP contribution in [0.15, 0.2) is 24.3 Å². The molecule has 0 saturated carbocycles. The molecule has 0 spiro atoms. The molecule has 0 bridgehead atoms. The maximum Gasteiger partial charge on any atom is 0.451 e. The Hall–Kier alpha value is -1.53. The van der Waals surface area contributed by atoms with E-state index in [1.54, 1.807) is 18.2 Å². The zero-order chi connectivity index (χ0) is 14.9. The molecule has 1 aromatic heterocycles. The number of aromatic nitrogens is 2. The van der Waals surface area contributed by atoms with Gasteiger partial charge in [0, 0.05) is 16.8 Å². The number of rotatable bonds is 2. The van der Waals surface area contributed by atoms with Crippen LogP contribution >= 0.6 is 23.2 Å². The molecular formula is C12H8Cl2F3N3. The van der Waals surface area contributed by atoms with E-state index in [4.69, 9.17) is 23.2 Å². The van der Waals surface area contributed by atoms with Crippen molar-refractivity contribution < 1.29 is 13.2 Å². The molecule has 0 aliphatic heterocycles. The summed E-state index contributed by atoms with van der Waals surface area (Å²) in [4.78, 5) is 6.52. The Morgan fingerprint density at radius 2 is 1.80 bits per heavy atom. The van der Waals surface area contributed by atoms with Gasteiger partial charge in [-0.25, -0.2) is 9.97 Å². The predicted octanol–water partition coefficient (Wildman–Crippen LogP) is 4.85. The summed E-state index contributed by atoms with van der Waals surface area (Å²) in [6.07, 6.45) is -4.66. The maximum absolute atomic E-state index is 12.6. The first-order valence-electron chi connectivity index (χ1n) is 5.40. The normalized spacial score (nSPS) is 11.5. The summed E-state index contributed by atoms with van der Waals surface area (Å²) >= 11 is 11.5. The number of anilines is 2. The first kappa shape index (κ1) is 14.9. The van der Waals surface area contributed by atoms with Crippen LogP contribution in [-0.2, 0) is 6.18 Å². The summed E-state index contributed by atoms with van der Waals surface area (Å²) in [7, 11) is 0. The average molecular weight is 322 g/mol. The van der Waals surface area contributed by atoms with E-state index in [0.29, 0.717) is 10.7 Å². The molecule has 0 amide bonds. The lowest BCUT2D eigenvalue weighted by molar-refractivity contribution is -0.144. The molecule has 20 heavy (non-hydrogen) atoms. The molecule has 1 aromatic carbocycles. The largest absolute Gasteiger partial charge is 0.451 e. The Morgan fingerprint density at radius 3 is 2.40 bits per heavy atom. The van der Waals surface area contributed by atoms with Gasteiger partial charge in [-0.05, 0) is 24.6 Å². The third kappa shape index (κ3) is 3.52. The van der Waals surface area contributed by atoms with Crippen molar-refractivity contribution in [2.45, 2.75) is 13.1 Å². The molecule has 1 heterocycles. The highest BCUT2D eigenvalue weighted by molar-refractivity contribution is 6.31. The monoisotopic (exact) mass is 321 g/mol. The van der Waals surface area contributed by atoms with Crippen LogP contribution in [0.5, 0.6) is 0 Å². The summed E-state index contributed by atoms with van der Waals surface area (Å²) in [5, 5.41) is 2.90. The topological polar surface area (TPSA) is 37.8 Å². The van der Waals surface area contributed by atoms with Crippen LogP contribution in [-0.4, -0.2) is 9.97 Å². The van der Waals surface area contributed by atoms with Crippen molar-refractivity contribution in [3.8, 4) is 0 Å². The molecule has 2 rings (SSSR count). The zero-order valence-electron chi connectivity index (χ0n) is 10.1. The minimum Gasteiger partial charge on any atom is -0.340 e. The van der Waals surface area contributed by atoms with Gasteiger partial charge in [-0.2, -0.15) is 13.2 Å². The van der Waals surface area contributed by atoms with Crippen molar-refractivity contribution in [1.29, 1.82) is 0 Å². The highest BCUT2D eigenvalue weighted by atomic mass is 35.5. The van der Waals surface area contributed by atoms with Crippen LogP contribution in [0.3, 0.4) is 0 Å². The van der Waals surface area contributed by atoms with Gasteiger partial charge in [0.25, 0.3) is 0 Å². The van der Waals surface area contributed by atoms with Crippen LogP contribution < -0.4 is 5.32 Å².